The van der Waals surface area contributed by atoms with Crippen molar-refractivity contribution in [2.75, 3.05) is 13.2 Å². The predicted molar refractivity (Wildman–Crippen MR) is 89.7 cm³/mol. The molecular weight excluding hydrogens is 260 g/mol. The quantitative estimate of drug-likeness (QED) is 0.674. The van der Waals surface area contributed by atoms with Gasteiger partial charge in [0.05, 0.1) is 6.10 Å². The third-order valence-corrected chi connectivity index (χ3v) is 3.78. The number of ether oxygens (including phenoxy) is 1. The summed E-state index contributed by atoms with van der Waals surface area (Å²) in [4.78, 5) is 4.60. The topological polar surface area (TPSA) is 34.2 Å². The molecule has 0 radical (unpaired) electrons. The summed E-state index contributed by atoms with van der Waals surface area (Å²) < 4.78 is 5.97. The Morgan fingerprint density at radius 2 is 1.95 bits per heavy atom. The van der Waals surface area contributed by atoms with Gasteiger partial charge in [0.25, 0.3) is 0 Å². The molecule has 120 valence electrons. The average Bonchev–Trinajstić information content (AvgIpc) is 2.52. The van der Waals surface area contributed by atoms with E-state index in [0.717, 1.165) is 50.9 Å². The molecule has 2 atom stereocenters. The normalized spacial score (nSPS) is 14.1. The lowest BCUT2D eigenvalue weighted by Crippen LogP contribution is -2.43. The van der Waals surface area contributed by atoms with Crippen molar-refractivity contribution in [3.63, 3.8) is 0 Å². The van der Waals surface area contributed by atoms with Crippen LogP contribution < -0.4 is 5.32 Å². The van der Waals surface area contributed by atoms with Crippen molar-refractivity contribution in [1.82, 2.24) is 10.3 Å². The van der Waals surface area contributed by atoms with Gasteiger partial charge in [0.2, 0.25) is 0 Å². The summed E-state index contributed by atoms with van der Waals surface area (Å²) in [5, 5.41) is 3.65. The van der Waals surface area contributed by atoms with Gasteiger partial charge in [-0.1, -0.05) is 33.3 Å². The van der Waals surface area contributed by atoms with Crippen LogP contribution in [0.4, 0.5) is 0 Å². The lowest BCUT2D eigenvalue weighted by molar-refractivity contribution is 0.0279. The van der Waals surface area contributed by atoms with Gasteiger partial charge in [-0.15, -0.1) is 0 Å². The summed E-state index contributed by atoms with van der Waals surface area (Å²) in [6.07, 6.45) is 7.65. The Hall–Kier alpha value is -0.930. The van der Waals surface area contributed by atoms with E-state index in [0.29, 0.717) is 6.04 Å². The number of nitrogens with one attached hydrogen (secondary N) is 1. The Kier molecular flexibility index (Phi) is 9.27. The zero-order valence-electron chi connectivity index (χ0n) is 14.2. The highest BCUT2D eigenvalue weighted by Gasteiger charge is 2.21. The van der Waals surface area contributed by atoms with Crippen molar-refractivity contribution < 1.29 is 4.74 Å². The van der Waals surface area contributed by atoms with E-state index in [1.807, 2.05) is 6.20 Å². The van der Waals surface area contributed by atoms with Gasteiger partial charge >= 0.3 is 0 Å². The summed E-state index contributed by atoms with van der Waals surface area (Å²) in [6.45, 7) is 10.5. The van der Waals surface area contributed by atoms with Gasteiger partial charge in [-0.25, -0.2) is 0 Å². The highest BCUT2D eigenvalue weighted by Crippen LogP contribution is 2.13. The molecular formula is C18H32N2O. The molecule has 1 aromatic rings. The molecule has 1 rings (SSSR count). The Labute approximate surface area is 130 Å². The van der Waals surface area contributed by atoms with Crippen molar-refractivity contribution in [1.29, 1.82) is 0 Å². The minimum Gasteiger partial charge on any atom is -0.377 e. The fourth-order valence-corrected chi connectivity index (χ4v) is 2.57. The van der Waals surface area contributed by atoms with E-state index in [4.69, 9.17) is 4.74 Å². The molecule has 1 aromatic heterocycles. The van der Waals surface area contributed by atoms with Crippen LogP contribution in [0.1, 0.15) is 58.2 Å². The molecule has 21 heavy (non-hydrogen) atoms. The SMILES string of the molecule is CCCNC(Cc1ccc(CC)cn1)C(CCC)OCC. The van der Waals surface area contributed by atoms with Crippen molar-refractivity contribution in [2.45, 2.75) is 71.9 Å². The molecule has 0 aliphatic heterocycles. The molecule has 0 saturated heterocycles. The highest BCUT2D eigenvalue weighted by atomic mass is 16.5. The summed E-state index contributed by atoms with van der Waals surface area (Å²) in [5.41, 5.74) is 2.45. The van der Waals surface area contributed by atoms with Crippen LogP contribution in [-0.2, 0) is 17.6 Å². The molecule has 0 amide bonds. The second-order valence-electron chi connectivity index (χ2n) is 5.56. The van der Waals surface area contributed by atoms with Crippen LogP contribution >= 0.6 is 0 Å². The smallest absolute Gasteiger partial charge is 0.0731 e. The molecule has 0 bridgehead atoms. The third kappa shape index (κ3) is 6.58. The van der Waals surface area contributed by atoms with Gasteiger partial charge in [-0.05, 0) is 44.4 Å². The maximum Gasteiger partial charge on any atom is 0.0731 e. The lowest BCUT2D eigenvalue weighted by Gasteiger charge is -2.28. The molecule has 1 heterocycles. The number of aromatic nitrogens is 1. The maximum absolute atomic E-state index is 5.97. The van der Waals surface area contributed by atoms with Crippen LogP contribution in [0.15, 0.2) is 18.3 Å². The predicted octanol–water partition coefficient (Wildman–Crippen LogP) is 3.76. The maximum atomic E-state index is 5.97. The molecule has 0 fully saturated rings. The number of hydrogen-bond acceptors (Lipinski definition) is 3. The summed E-state index contributed by atoms with van der Waals surface area (Å²) in [7, 11) is 0. The molecule has 0 spiro atoms. The first-order chi connectivity index (χ1) is 10.2. The number of rotatable bonds is 11. The van der Waals surface area contributed by atoms with Crippen molar-refractivity contribution in [3.8, 4) is 0 Å². The summed E-state index contributed by atoms with van der Waals surface area (Å²) >= 11 is 0. The second-order valence-corrected chi connectivity index (χ2v) is 5.56. The summed E-state index contributed by atoms with van der Waals surface area (Å²) in [6, 6.07) is 4.70. The van der Waals surface area contributed by atoms with Crippen LogP contribution in [0.3, 0.4) is 0 Å². The zero-order chi connectivity index (χ0) is 15.5. The fourth-order valence-electron chi connectivity index (χ4n) is 2.57. The Morgan fingerprint density at radius 1 is 1.14 bits per heavy atom. The first-order valence-electron chi connectivity index (χ1n) is 8.53. The number of aryl methyl sites for hydroxylation is 1. The largest absolute Gasteiger partial charge is 0.377 e. The van der Waals surface area contributed by atoms with Crippen LogP contribution in [-0.4, -0.2) is 30.3 Å². The van der Waals surface area contributed by atoms with E-state index in [1.54, 1.807) is 0 Å². The average molecular weight is 292 g/mol. The molecule has 0 aliphatic rings. The van der Waals surface area contributed by atoms with Gasteiger partial charge in [0.1, 0.15) is 0 Å². The monoisotopic (exact) mass is 292 g/mol. The standard InChI is InChI=1S/C18H32N2O/c1-5-9-18(21-8-4)17(19-12-6-2)13-16-11-10-15(7-3)14-20-16/h10-11,14,17-19H,5-9,12-13H2,1-4H3. The Balaban J connectivity index is 2.73. The molecule has 0 aromatic carbocycles. The van der Waals surface area contributed by atoms with Crippen LogP contribution in [0.25, 0.3) is 0 Å². The molecule has 0 saturated carbocycles. The van der Waals surface area contributed by atoms with Crippen molar-refractivity contribution in [2.24, 2.45) is 0 Å². The minimum atomic E-state index is 0.277. The fraction of sp³-hybridized carbons (Fsp3) is 0.722. The molecule has 3 nitrogen and oxygen atoms in total. The van der Waals surface area contributed by atoms with E-state index in [2.05, 4.69) is 50.1 Å². The van der Waals surface area contributed by atoms with Crippen LogP contribution in [0.2, 0.25) is 0 Å². The number of pyridine rings is 1. The van der Waals surface area contributed by atoms with E-state index in [-0.39, 0.29) is 6.10 Å². The van der Waals surface area contributed by atoms with Crippen LogP contribution in [0.5, 0.6) is 0 Å². The van der Waals surface area contributed by atoms with E-state index in [1.165, 1.54) is 5.56 Å². The summed E-state index contributed by atoms with van der Waals surface area (Å²) in [5.74, 6) is 0. The van der Waals surface area contributed by atoms with Gasteiger partial charge in [0.15, 0.2) is 0 Å². The van der Waals surface area contributed by atoms with E-state index in [9.17, 15) is 0 Å². The third-order valence-electron chi connectivity index (χ3n) is 3.78. The van der Waals surface area contributed by atoms with Gasteiger partial charge in [-0.3, -0.25) is 4.98 Å². The van der Waals surface area contributed by atoms with Gasteiger partial charge < -0.3 is 10.1 Å². The van der Waals surface area contributed by atoms with E-state index >= 15 is 0 Å². The zero-order valence-corrected chi connectivity index (χ0v) is 14.2. The van der Waals surface area contributed by atoms with E-state index < -0.39 is 0 Å². The van der Waals surface area contributed by atoms with Gasteiger partial charge in [-0.2, -0.15) is 0 Å². The lowest BCUT2D eigenvalue weighted by atomic mass is 10.00. The second kappa shape index (κ2) is 10.7. The number of hydrogen-bond donors (Lipinski definition) is 1. The molecule has 3 heteroatoms. The van der Waals surface area contributed by atoms with Crippen molar-refractivity contribution >= 4 is 0 Å². The highest BCUT2D eigenvalue weighted by molar-refractivity contribution is 5.15. The molecule has 1 N–H and O–H groups in total. The minimum absolute atomic E-state index is 0.277. The number of nitrogens with zero attached hydrogens (tertiary/aromatic N) is 1. The van der Waals surface area contributed by atoms with Crippen molar-refractivity contribution in [3.05, 3.63) is 29.6 Å². The Bertz CT molecular complexity index is 358. The first kappa shape index (κ1) is 18.1. The van der Waals surface area contributed by atoms with Gasteiger partial charge in [0, 0.05) is 31.0 Å². The first-order valence-corrected chi connectivity index (χ1v) is 8.53. The Morgan fingerprint density at radius 3 is 2.48 bits per heavy atom. The molecule has 2 unspecified atom stereocenters. The molecule has 0 aliphatic carbocycles. The van der Waals surface area contributed by atoms with Crippen LogP contribution in [0, 0.1) is 0 Å².